The van der Waals surface area contributed by atoms with Gasteiger partial charge in [-0.25, -0.2) is 4.98 Å². The van der Waals surface area contributed by atoms with E-state index in [2.05, 4.69) is 30.7 Å². The Bertz CT molecular complexity index is 630. The van der Waals surface area contributed by atoms with E-state index >= 15 is 0 Å². The fourth-order valence-electron chi connectivity index (χ4n) is 3.49. The van der Waals surface area contributed by atoms with Crippen molar-refractivity contribution in [1.29, 1.82) is 0 Å². The Morgan fingerprint density at radius 3 is 2.68 bits per heavy atom. The van der Waals surface area contributed by atoms with Crippen LogP contribution in [-0.4, -0.2) is 16.6 Å². The first-order chi connectivity index (χ1) is 10.2. The second kappa shape index (κ2) is 7.36. The molecule has 0 saturated heterocycles. The number of nitrogens with zero attached hydrogens (tertiary/aromatic N) is 1. The van der Waals surface area contributed by atoms with E-state index in [9.17, 15) is 0 Å². The molecule has 4 heteroatoms. The summed E-state index contributed by atoms with van der Waals surface area (Å²) in [6, 6.07) is 0. The maximum Gasteiger partial charge on any atom is 0.238 e. The van der Waals surface area contributed by atoms with E-state index in [1.165, 1.54) is 47.9 Å². The van der Waals surface area contributed by atoms with Crippen LogP contribution in [0.4, 0.5) is 0 Å². The van der Waals surface area contributed by atoms with Crippen LogP contribution in [0.15, 0.2) is 6.20 Å². The highest BCUT2D eigenvalue weighted by Crippen LogP contribution is 2.32. The van der Waals surface area contributed by atoms with Crippen LogP contribution < -0.4 is 4.74 Å². The number of pyridine rings is 1. The molecule has 1 aliphatic rings. The molecule has 3 rings (SSSR count). The molecule has 1 N–H and O–H groups in total. The van der Waals surface area contributed by atoms with Gasteiger partial charge in [-0.2, -0.15) is 0 Å². The van der Waals surface area contributed by atoms with E-state index in [0.717, 1.165) is 30.8 Å². The normalized spacial score (nSPS) is 15.2. The molecule has 1 aliphatic carbocycles. The van der Waals surface area contributed by atoms with Crippen LogP contribution in [0, 0.1) is 19.8 Å². The lowest BCUT2D eigenvalue weighted by Crippen LogP contribution is -2.09. The van der Waals surface area contributed by atoms with Gasteiger partial charge < -0.3 is 9.72 Å². The number of hydrogen-bond acceptors (Lipinski definition) is 2. The Morgan fingerprint density at radius 1 is 1.27 bits per heavy atom. The quantitative estimate of drug-likeness (QED) is 0.829. The molecule has 2 heterocycles. The molecular formula is C18H27ClN2O. The van der Waals surface area contributed by atoms with Crippen LogP contribution in [0.3, 0.4) is 0 Å². The van der Waals surface area contributed by atoms with Gasteiger partial charge in [0.25, 0.3) is 0 Å². The van der Waals surface area contributed by atoms with Crippen molar-refractivity contribution in [1.82, 2.24) is 9.97 Å². The molecule has 2 aromatic rings. The molecule has 0 bridgehead atoms. The summed E-state index contributed by atoms with van der Waals surface area (Å²) in [7, 11) is 0. The van der Waals surface area contributed by atoms with Gasteiger partial charge in [-0.05, 0) is 50.2 Å². The van der Waals surface area contributed by atoms with Crippen LogP contribution in [0.5, 0.6) is 5.88 Å². The molecule has 0 aromatic carbocycles. The van der Waals surface area contributed by atoms with Gasteiger partial charge in [0.2, 0.25) is 5.88 Å². The maximum atomic E-state index is 6.06. The third kappa shape index (κ3) is 3.24. The number of fused-ring (bicyclic) bond motifs is 1. The van der Waals surface area contributed by atoms with E-state index in [4.69, 9.17) is 4.74 Å². The smallest absolute Gasteiger partial charge is 0.238 e. The minimum atomic E-state index is 0. The van der Waals surface area contributed by atoms with Crippen molar-refractivity contribution in [2.75, 3.05) is 6.61 Å². The molecule has 0 unspecified atom stereocenters. The van der Waals surface area contributed by atoms with Gasteiger partial charge in [-0.3, -0.25) is 0 Å². The summed E-state index contributed by atoms with van der Waals surface area (Å²) < 4.78 is 6.06. The number of nitrogens with one attached hydrogen (secondary N) is 1. The zero-order chi connectivity index (χ0) is 14.8. The predicted molar refractivity (Wildman–Crippen MR) is 94.3 cm³/mol. The van der Waals surface area contributed by atoms with Crippen LogP contribution in [0.2, 0.25) is 0 Å². The van der Waals surface area contributed by atoms with Crippen LogP contribution in [0.25, 0.3) is 10.9 Å². The van der Waals surface area contributed by atoms with Crippen LogP contribution >= 0.6 is 12.4 Å². The van der Waals surface area contributed by atoms with Crippen molar-refractivity contribution in [2.45, 2.75) is 59.3 Å². The average molecular weight is 323 g/mol. The fourth-order valence-corrected chi connectivity index (χ4v) is 3.49. The second-order valence-corrected chi connectivity index (χ2v) is 6.43. The summed E-state index contributed by atoms with van der Waals surface area (Å²) in [6.45, 7) is 7.34. The average Bonchev–Trinajstić information content (AvgIpc) is 3.08. The van der Waals surface area contributed by atoms with Crippen LogP contribution in [-0.2, 0) is 6.42 Å². The number of aromatic amines is 1. The maximum absolute atomic E-state index is 6.06. The summed E-state index contributed by atoms with van der Waals surface area (Å²) >= 11 is 0. The number of rotatable bonds is 5. The van der Waals surface area contributed by atoms with E-state index in [1.54, 1.807) is 0 Å². The molecule has 3 nitrogen and oxygen atoms in total. The lowest BCUT2D eigenvalue weighted by atomic mass is 10.0. The molecule has 0 radical (unpaired) electrons. The Balaban J connectivity index is 0.00000176. The number of aryl methyl sites for hydroxylation is 3. The van der Waals surface area contributed by atoms with Crippen molar-refractivity contribution in [3.63, 3.8) is 0 Å². The van der Waals surface area contributed by atoms with Gasteiger partial charge in [0, 0.05) is 17.3 Å². The van der Waals surface area contributed by atoms with Crippen molar-refractivity contribution in [3.05, 3.63) is 23.0 Å². The number of ether oxygens (including phenoxy) is 1. The highest BCUT2D eigenvalue weighted by molar-refractivity contribution is 5.90. The lowest BCUT2D eigenvalue weighted by Gasteiger charge is -2.12. The molecule has 0 amide bonds. The topological polar surface area (TPSA) is 37.9 Å². The zero-order valence-electron chi connectivity index (χ0n) is 13.9. The summed E-state index contributed by atoms with van der Waals surface area (Å²) in [5.74, 6) is 1.50. The number of hydrogen-bond donors (Lipinski definition) is 1. The standard InChI is InChI=1S/C18H26N2O.ClH/c1-4-7-15-10-19-18(21-11-14-8-5-6-9-14)17-16(15)12(2)13(3)20-17;/h10,14,20H,4-9,11H2,1-3H3;1H. The summed E-state index contributed by atoms with van der Waals surface area (Å²) in [5.41, 5.74) is 4.99. The molecule has 2 aromatic heterocycles. The fraction of sp³-hybridized carbons (Fsp3) is 0.611. The Hall–Kier alpha value is -1.22. The minimum Gasteiger partial charge on any atom is -0.476 e. The Kier molecular flexibility index (Phi) is 5.74. The van der Waals surface area contributed by atoms with Gasteiger partial charge in [-0.1, -0.05) is 26.2 Å². The van der Waals surface area contributed by atoms with E-state index in [1.807, 2.05) is 6.20 Å². The summed E-state index contributed by atoms with van der Waals surface area (Å²) in [6.07, 6.45) is 9.54. The molecular weight excluding hydrogens is 296 g/mol. The minimum absolute atomic E-state index is 0. The highest BCUT2D eigenvalue weighted by Gasteiger charge is 2.18. The molecule has 1 fully saturated rings. The monoisotopic (exact) mass is 322 g/mol. The van der Waals surface area contributed by atoms with Gasteiger partial charge in [0.1, 0.15) is 5.52 Å². The van der Waals surface area contributed by atoms with Gasteiger partial charge in [0.15, 0.2) is 0 Å². The second-order valence-electron chi connectivity index (χ2n) is 6.43. The number of halogens is 1. The van der Waals surface area contributed by atoms with Gasteiger partial charge in [0.05, 0.1) is 6.61 Å². The zero-order valence-corrected chi connectivity index (χ0v) is 14.7. The molecule has 122 valence electrons. The number of aromatic nitrogens is 2. The predicted octanol–water partition coefficient (Wildman–Crippen LogP) is 5.12. The third-order valence-electron chi connectivity index (χ3n) is 4.82. The van der Waals surface area contributed by atoms with Crippen molar-refractivity contribution in [2.24, 2.45) is 5.92 Å². The summed E-state index contributed by atoms with van der Waals surface area (Å²) in [4.78, 5) is 8.07. The number of H-pyrrole nitrogens is 1. The molecule has 0 aliphatic heterocycles. The Morgan fingerprint density at radius 2 is 2.00 bits per heavy atom. The molecule has 0 atom stereocenters. The van der Waals surface area contributed by atoms with E-state index in [-0.39, 0.29) is 12.4 Å². The first-order valence-electron chi connectivity index (χ1n) is 8.30. The first kappa shape index (κ1) is 17.1. The van der Waals surface area contributed by atoms with Crippen molar-refractivity contribution in [3.8, 4) is 5.88 Å². The first-order valence-corrected chi connectivity index (χ1v) is 8.30. The Labute approximate surface area is 139 Å². The van der Waals surface area contributed by atoms with E-state index in [0.29, 0.717) is 5.92 Å². The van der Waals surface area contributed by atoms with Crippen molar-refractivity contribution < 1.29 is 4.74 Å². The molecule has 0 spiro atoms. The summed E-state index contributed by atoms with van der Waals surface area (Å²) in [5, 5.41) is 1.32. The largest absolute Gasteiger partial charge is 0.476 e. The highest BCUT2D eigenvalue weighted by atomic mass is 35.5. The molecule has 1 saturated carbocycles. The van der Waals surface area contributed by atoms with Gasteiger partial charge in [-0.15, -0.1) is 12.4 Å². The lowest BCUT2D eigenvalue weighted by molar-refractivity contribution is 0.246. The molecule has 22 heavy (non-hydrogen) atoms. The van der Waals surface area contributed by atoms with Crippen LogP contribution in [0.1, 0.15) is 55.8 Å². The SMILES string of the molecule is CCCc1cnc(OCC2CCCC2)c2[nH]c(C)c(C)c12.Cl. The third-order valence-corrected chi connectivity index (χ3v) is 4.82. The van der Waals surface area contributed by atoms with Crippen molar-refractivity contribution >= 4 is 23.3 Å². The van der Waals surface area contributed by atoms with Gasteiger partial charge >= 0.3 is 0 Å². The van der Waals surface area contributed by atoms with E-state index < -0.39 is 0 Å².